The van der Waals surface area contributed by atoms with Gasteiger partial charge in [-0.3, -0.25) is 9.48 Å². The topological polar surface area (TPSA) is 85.2 Å². The molecule has 2 aromatic heterocycles. The minimum Gasteiger partial charge on any atom is -0.489 e. The monoisotopic (exact) mass is 466 g/mol. The molecule has 0 radical (unpaired) electrons. The van der Waals surface area contributed by atoms with Crippen molar-refractivity contribution in [2.24, 2.45) is 24.8 Å². The largest absolute Gasteiger partial charge is 0.489 e. The lowest BCUT2D eigenvalue weighted by Gasteiger charge is -2.38. The number of likely N-dealkylation sites (N-methyl/N-ethyl adjacent to an activating group) is 1. The van der Waals surface area contributed by atoms with E-state index in [0.717, 1.165) is 35.2 Å². The number of amides is 1. The van der Waals surface area contributed by atoms with E-state index in [9.17, 15) is 18.0 Å². The third-order valence-electron chi connectivity index (χ3n) is 6.47. The second kappa shape index (κ2) is 8.49. The predicted molar refractivity (Wildman–Crippen MR) is 116 cm³/mol. The SMILES string of the molecule is Cc1nc(CC2CC(COc3cnn(C)c3C(F)(F)F)C2)nc2c1NC(=O)[C@H](C(C)C)N2C. The number of halogens is 3. The standard InChI is InChI=1S/C22H29F3N6O2/c1-11(2)18-21(32)29-17-12(3)27-16(28-20(17)30(18)4)8-13-6-14(7-13)10-33-15-9-26-31(5)19(15)22(23,24)25/h9,11,13-14,18H,6-8,10H2,1-5H3,(H,29,32)/t13?,14?,18-/m0/s1. The Kier molecular flexibility index (Phi) is 6.00. The molecule has 0 bridgehead atoms. The minimum absolute atomic E-state index is 0.0522. The van der Waals surface area contributed by atoms with E-state index >= 15 is 0 Å². The maximum atomic E-state index is 13.2. The van der Waals surface area contributed by atoms with Gasteiger partial charge in [-0.15, -0.1) is 0 Å². The molecule has 0 saturated heterocycles. The Morgan fingerprint density at radius 3 is 2.55 bits per heavy atom. The van der Waals surface area contributed by atoms with Crippen LogP contribution in [0, 0.1) is 24.7 Å². The fourth-order valence-electron chi connectivity index (χ4n) is 4.85. The highest BCUT2D eigenvalue weighted by Crippen LogP contribution is 2.40. The van der Waals surface area contributed by atoms with E-state index in [0.29, 0.717) is 23.9 Å². The van der Waals surface area contributed by atoms with Crippen LogP contribution in [-0.4, -0.2) is 45.4 Å². The predicted octanol–water partition coefficient (Wildman–Crippen LogP) is 3.60. The van der Waals surface area contributed by atoms with Gasteiger partial charge in [-0.2, -0.15) is 18.3 Å². The Hall–Kier alpha value is -2.85. The molecule has 1 saturated carbocycles. The first-order valence-electron chi connectivity index (χ1n) is 11.1. The van der Waals surface area contributed by atoms with Crippen molar-refractivity contribution in [3.05, 3.63) is 23.4 Å². The third kappa shape index (κ3) is 4.49. The number of aromatic nitrogens is 4. The Balaban J connectivity index is 1.36. The van der Waals surface area contributed by atoms with E-state index < -0.39 is 11.9 Å². The maximum Gasteiger partial charge on any atom is 0.436 e. The number of carbonyl (C=O) groups is 1. The van der Waals surface area contributed by atoms with Crippen LogP contribution in [0.4, 0.5) is 24.7 Å². The molecule has 2 aliphatic rings. The van der Waals surface area contributed by atoms with Gasteiger partial charge in [0.2, 0.25) is 5.91 Å². The molecule has 2 aromatic rings. The molecule has 1 atom stereocenters. The van der Waals surface area contributed by atoms with Gasteiger partial charge in [0, 0.05) is 20.5 Å². The van der Waals surface area contributed by atoms with Crippen LogP contribution in [0.15, 0.2) is 6.20 Å². The third-order valence-corrected chi connectivity index (χ3v) is 6.47. The van der Waals surface area contributed by atoms with Crippen molar-refractivity contribution in [3.63, 3.8) is 0 Å². The summed E-state index contributed by atoms with van der Waals surface area (Å²) in [4.78, 5) is 23.7. The smallest absolute Gasteiger partial charge is 0.436 e. The van der Waals surface area contributed by atoms with Gasteiger partial charge in [0.1, 0.15) is 17.6 Å². The van der Waals surface area contributed by atoms with Crippen molar-refractivity contribution in [1.82, 2.24) is 19.7 Å². The fraction of sp³-hybridized carbons (Fsp3) is 0.636. The summed E-state index contributed by atoms with van der Waals surface area (Å²) in [7, 11) is 3.13. The maximum absolute atomic E-state index is 13.2. The van der Waals surface area contributed by atoms with E-state index in [1.165, 1.54) is 7.05 Å². The van der Waals surface area contributed by atoms with Crippen molar-refractivity contribution in [2.75, 3.05) is 23.9 Å². The van der Waals surface area contributed by atoms with Crippen molar-refractivity contribution >= 4 is 17.4 Å². The molecular formula is C22H29F3N6O2. The van der Waals surface area contributed by atoms with Crippen LogP contribution in [0.5, 0.6) is 5.75 Å². The lowest BCUT2D eigenvalue weighted by atomic mass is 9.73. The molecule has 0 unspecified atom stereocenters. The first kappa shape index (κ1) is 23.3. The molecule has 0 spiro atoms. The molecular weight excluding hydrogens is 437 g/mol. The number of hydrogen-bond donors (Lipinski definition) is 1. The lowest BCUT2D eigenvalue weighted by molar-refractivity contribution is -0.145. The zero-order valence-electron chi connectivity index (χ0n) is 19.4. The average molecular weight is 467 g/mol. The number of ether oxygens (including phenoxy) is 1. The number of fused-ring (bicyclic) bond motifs is 1. The van der Waals surface area contributed by atoms with Crippen LogP contribution in [0.3, 0.4) is 0 Å². The number of nitrogens with zero attached hydrogens (tertiary/aromatic N) is 5. The highest BCUT2D eigenvalue weighted by atomic mass is 19.4. The van der Waals surface area contributed by atoms with E-state index in [4.69, 9.17) is 9.72 Å². The highest BCUT2D eigenvalue weighted by molar-refractivity contribution is 6.03. The summed E-state index contributed by atoms with van der Waals surface area (Å²) >= 11 is 0. The van der Waals surface area contributed by atoms with Gasteiger partial charge in [-0.25, -0.2) is 9.97 Å². The summed E-state index contributed by atoms with van der Waals surface area (Å²) < 4.78 is 45.7. The number of alkyl halides is 3. The second-order valence-electron chi connectivity index (χ2n) is 9.41. The van der Waals surface area contributed by atoms with Crippen LogP contribution in [0.1, 0.15) is 43.9 Å². The Bertz CT molecular complexity index is 1050. The first-order chi connectivity index (χ1) is 15.5. The van der Waals surface area contributed by atoms with Crippen LogP contribution >= 0.6 is 0 Å². The van der Waals surface area contributed by atoms with Gasteiger partial charge in [-0.05, 0) is 37.5 Å². The summed E-state index contributed by atoms with van der Waals surface area (Å²) in [5, 5.41) is 6.62. The molecule has 4 rings (SSSR count). The summed E-state index contributed by atoms with van der Waals surface area (Å²) in [5.74, 6) is 1.82. The Morgan fingerprint density at radius 1 is 1.21 bits per heavy atom. The lowest BCUT2D eigenvalue weighted by Crippen LogP contribution is -2.49. The molecule has 11 heteroatoms. The number of nitrogens with one attached hydrogen (secondary N) is 1. The van der Waals surface area contributed by atoms with Gasteiger partial charge in [0.05, 0.1) is 18.5 Å². The van der Waals surface area contributed by atoms with Gasteiger partial charge < -0.3 is 15.0 Å². The normalized spacial score (nSPS) is 22.8. The quantitative estimate of drug-likeness (QED) is 0.700. The summed E-state index contributed by atoms with van der Waals surface area (Å²) in [5.41, 5.74) is 0.514. The zero-order valence-corrected chi connectivity index (χ0v) is 19.4. The molecule has 1 amide bonds. The van der Waals surface area contributed by atoms with Crippen LogP contribution < -0.4 is 15.0 Å². The van der Waals surface area contributed by atoms with Crippen molar-refractivity contribution in [3.8, 4) is 5.75 Å². The molecule has 8 nitrogen and oxygen atoms in total. The van der Waals surface area contributed by atoms with Crippen molar-refractivity contribution in [1.29, 1.82) is 0 Å². The molecule has 1 aliphatic carbocycles. The molecule has 1 N–H and O–H groups in total. The number of rotatable bonds is 6. The van der Waals surface area contributed by atoms with Gasteiger partial charge in [0.15, 0.2) is 17.3 Å². The Labute approximate surface area is 190 Å². The van der Waals surface area contributed by atoms with Crippen LogP contribution in [0.2, 0.25) is 0 Å². The average Bonchev–Trinajstić information content (AvgIpc) is 3.05. The van der Waals surface area contributed by atoms with Gasteiger partial charge in [0.25, 0.3) is 0 Å². The number of aryl methyl sites for hydroxylation is 2. The molecule has 1 fully saturated rings. The van der Waals surface area contributed by atoms with Crippen LogP contribution in [0.25, 0.3) is 0 Å². The Morgan fingerprint density at radius 2 is 1.91 bits per heavy atom. The van der Waals surface area contributed by atoms with Gasteiger partial charge >= 0.3 is 6.18 Å². The number of carbonyl (C=O) groups excluding carboxylic acids is 1. The second-order valence-corrected chi connectivity index (χ2v) is 9.41. The molecule has 33 heavy (non-hydrogen) atoms. The number of hydrogen-bond acceptors (Lipinski definition) is 6. The zero-order chi connectivity index (χ0) is 24.1. The molecule has 180 valence electrons. The molecule has 1 aliphatic heterocycles. The summed E-state index contributed by atoms with van der Waals surface area (Å²) in [6.45, 7) is 6.08. The van der Waals surface area contributed by atoms with E-state index in [-0.39, 0.29) is 36.1 Å². The van der Waals surface area contributed by atoms with E-state index in [1.807, 2.05) is 32.7 Å². The van der Waals surface area contributed by atoms with E-state index in [2.05, 4.69) is 15.4 Å². The van der Waals surface area contributed by atoms with E-state index in [1.54, 1.807) is 0 Å². The molecule has 3 heterocycles. The number of anilines is 2. The van der Waals surface area contributed by atoms with Crippen LogP contribution in [-0.2, 0) is 24.4 Å². The fourth-order valence-corrected chi connectivity index (χ4v) is 4.85. The summed E-state index contributed by atoms with van der Waals surface area (Å²) in [6, 6.07) is -0.293. The molecule has 0 aromatic carbocycles. The van der Waals surface area contributed by atoms with Crippen molar-refractivity contribution < 1.29 is 22.7 Å². The van der Waals surface area contributed by atoms with Gasteiger partial charge in [-0.1, -0.05) is 13.8 Å². The summed E-state index contributed by atoms with van der Waals surface area (Å²) in [6.07, 6.45) is -1.04. The van der Waals surface area contributed by atoms with Crippen molar-refractivity contribution in [2.45, 2.75) is 52.3 Å². The highest BCUT2D eigenvalue weighted by Gasteiger charge is 2.40. The minimum atomic E-state index is -4.51. The first-order valence-corrected chi connectivity index (χ1v) is 11.1.